The fraction of sp³-hybridized carbons (Fsp3) is 0.417. The van der Waals surface area contributed by atoms with Crippen LogP contribution in [0.4, 0.5) is 0 Å². The van der Waals surface area contributed by atoms with E-state index in [0.717, 1.165) is 0 Å². The number of nitrogens with one attached hydrogen (secondary N) is 1. The quantitative estimate of drug-likeness (QED) is 0.827. The van der Waals surface area contributed by atoms with Gasteiger partial charge in [-0.3, -0.25) is 8.98 Å². The minimum atomic E-state index is -3.75. The first-order chi connectivity index (χ1) is 8.49. The molecule has 1 heterocycles. The van der Waals surface area contributed by atoms with Gasteiger partial charge in [-0.2, -0.15) is 8.42 Å². The molecule has 1 amide bonds. The van der Waals surface area contributed by atoms with Crippen LogP contribution in [0.25, 0.3) is 0 Å². The van der Waals surface area contributed by atoms with Crippen LogP contribution in [0.3, 0.4) is 0 Å². The Labute approximate surface area is 106 Å². The van der Waals surface area contributed by atoms with Crippen LogP contribution < -0.4 is 5.32 Å². The van der Waals surface area contributed by atoms with Crippen molar-refractivity contribution in [2.45, 2.75) is 30.7 Å². The van der Waals surface area contributed by atoms with E-state index in [-0.39, 0.29) is 23.5 Å². The van der Waals surface area contributed by atoms with Crippen LogP contribution in [0.2, 0.25) is 0 Å². The first kappa shape index (κ1) is 13.0. The number of hydrogen-bond acceptors (Lipinski definition) is 4. The van der Waals surface area contributed by atoms with Crippen LogP contribution in [0.1, 0.15) is 18.4 Å². The lowest BCUT2D eigenvalue weighted by Gasteiger charge is -2.11. The van der Waals surface area contributed by atoms with Crippen molar-refractivity contribution in [3.8, 4) is 0 Å². The van der Waals surface area contributed by atoms with Crippen LogP contribution in [0.15, 0.2) is 29.2 Å². The maximum absolute atomic E-state index is 12.0. The SMILES string of the molecule is Cc1ccccc1S(=O)(=O)OC[C@@H]1CCC(=O)N1. The number of benzene rings is 1. The Bertz CT molecular complexity index is 553. The Balaban J connectivity index is 2.04. The molecule has 5 nitrogen and oxygen atoms in total. The van der Waals surface area contributed by atoms with Crippen molar-refractivity contribution in [2.75, 3.05) is 6.61 Å². The second kappa shape index (κ2) is 5.07. The van der Waals surface area contributed by atoms with Crippen molar-refractivity contribution >= 4 is 16.0 Å². The van der Waals surface area contributed by atoms with Gasteiger partial charge in [-0.15, -0.1) is 0 Å². The lowest BCUT2D eigenvalue weighted by atomic mass is 10.2. The van der Waals surface area contributed by atoms with E-state index >= 15 is 0 Å². The molecule has 1 aromatic rings. The number of carbonyl (C=O) groups is 1. The highest BCUT2D eigenvalue weighted by atomic mass is 32.2. The third-order valence-corrected chi connectivity index (χ3v) is 4.32. The number of rotatable bonds is 4. The molecule has 0 aromatic heterocycles. The van der Waals surface area contributed by atoms with E-state index in [0.29, 0.717) is 18.4 Å². The van der Waals surface area contributed by atoms with Gasteiger partial charge in [0, 0.05) is 6.42 Å². The molecule has 1 aliphatic heterocycles. The van der Waals surface area contributed by atoms with Crippen molar-refractivity contribution in [1.29, 1.82) is 0 Å². The highest BCUT2D eigenvalue weighted by Gasteiger charge is 2.24. The van der Waals surface area contributed by atoms with Gasteiger partial charge in [0.25, 0.3) is 10.1 Å². The minimum absolute atomic E-state index is 0.0115. The van der Waals surface area contributed by atoms with Gasteiger partial charge >= 0.3 is 0 Å². The third kappa shape index (κ3) is 2.88. The largest absolute Gasteiger partial charge is 0.351 e. The van der Waals surface area contributed by atoms with E-state index in [9.17, 15) is 13.2 Å². The lowest BCUT2D eigenvalue weighted by molar-refractivity contribution is -0.119. The summed E-state index contributed by atoms with van der Waals surface area (Å²) in [5.41, 5.74) is 0.646. The summed E-state index contributed by atoms with van der Waals surface area (Å²) in [6.45, 7) is 1.70. The van der Waals surface area contributed by atoms with Gasteiger partial charge in [0.1, 0.15) is 0 Å². The van der Waals surface area contributed by atoms with Crippen molar-refractivity contribution in [2.24, 2.45) is 0 Å². The van der Waals surface area contributed by atoms with Gasteiger partial charge in [0.2, 0.25) is 5.91 Å². The van der Waals surface area contributed by atoms with E-state index in [1.54, 1.807) is 25.1 Å². The molecule has 1 fully saturated rings. The third-order valence-electron chi connectivity index (χ3n) is 2.87. The van der Waals surface area contributed by atoms with Crippen molar-refractivity contribution in [3.63, 3.8) is 0 Å². The highest BCUT2D eigenvalue weighted by molar-refractivity contribution is 7.86. The van der Waals surface area contributed by atoms with Crippen LogP contribution in [-0.2, 0) is 19.1 Å². The molecule has 1 aliphatic rings. The normalized spacial score (nSPS) is 19.8. The fourth-order valence-corrected chi connectivity index (χ4v) is 3.05. The van der Waals surface area contributed by atoms with Crippen LogP contribution in [-0.4, -0.2) is 27.0 Å². The molecule has 0 bridgehead atoms. The van der Waals surface area contributed by atoms with Crippen molar-refractivity contribution in [1.82, 2.24) is 5.32 Å². The fourth-order valence-electron chi connectivity index (χ4n) is 1.87. The first-order valence-electron chi connectivity index (χ1n) is 5.73. The average Bonchev–Trinajstić information content (AvgIpc) is 2.73. The monoisotopic (exact) mass is 269 g/mol. The topological polar surface area (TPSA) is 72.5 Å². The molecule has 1 atom stereocenters. The summed E-state index contributed by atoms with van der Waals surface area (Å²) in [4.78, 5) is 11.2. The van der Waals surface area contributed by atoms with Crippen LogP contribution in [0.5, 0.6) is 0 Å². The smallest absolute Gasteiger partial charge is 0.297 e. The number of amides is 1. The second-order valence-electron chi connectivity index (χ2n) is 4.31. The van der Waals surface area contributed by atoms with Crippen LogP contribution in [0, 0.1) is 6.92 Å². The highest BCUT2D eigenvalue weighted by Crippen LogP contribution is 2.18. The van der Waals surface area contributed by atoms with E-state index in [1.165, 1.54) is 6.07 Å². The maximum Gasteiger partial charge on any atom is 0.297 e. The summed E-state index contributed by atoms with van der Waals surface area (Å²) in [6.07, 6.45) is 1.04. The van der Waals surface area contributed by atoms with E-state index in [2.05, 4.69) is 5.32 Å². The summed E-state index contributed by atoms with van der Waals surface area (Å²) < 4.78 is 28.9. The zero-order valence-electron chi connectivity index (χ0n) is 10.0. The molecular formula is C12H15NO4S. The van der Waals surface area contributed by atoms with Gasteiger partial charge in [0.05, 0.1) is 17.5 Å². The van der Waals surface area contributed by atoms with Gasteiger partial charge in [0.15, 0.2) is 0 Å². The van der Waals surface area contributed by atoms with Gasteiger partial charge in [-0.25, -0.2) is 0 Å². The van der Waals surface area contributed by atoms with E-state index in [1.807, 2.05) is 0 Å². The Kier molecular flexibility index (Phi) is 3.68. The van der Waals surface area contributed by atoms with Crippen LogP contribution >= 0.6 is 0 Å². The van der Waals surface area contributed by atoms with Gasteiger partial charge < -0.3 is 5.32 Å². The summed E-state index contributed by atoms with van der Waals surface area (Å²) in [5, 5.41) is 2.66. The molecular weight excluding hydrogens is 254 g/mol. The number of carbonyl (C=O) groups excluding carboxylic acids is 1. The molecule has 0 radical (unpaired) electrons. The summed E-state index contributed by atoms with van der Waals surface area (Å²) >= 11 is 0. The van der Waals surface area contributed by atoms with Gasteiger partial charge in [-0.05, 0) is 25.0 Å². The average molecular weight is 269 g/mol. The summed E-state index contributed by atoms with van der Waals surface area (Å²) in [5.74, 6) is -0.0584. The van der Waals surface area contributed by atoms with E-state index < -0.39 is 10.1 Å². The standard InChI is InChI=1S/C12H15NO4S/c1-9-4-2-3-5-11(9)18(15,16)17-8-10-6-7-12(14)13-10/h2-5,10H,6-8H2,1H3,(H,13,14)/t10-/m0/s1. The zero-order valence-corrected chi connectivity index (χ0v) is 10.9. The maximum atomic E-state index is 12.0. The Hall–Kier alpha value is -1.40. The predicted octanol–water partition coefficient (Wildman–Crippen LogP) is 0.979. The van der Waals surface area contributed by atoms with Gasteiger partial charge in [-0.1, -0.05) is 18.2 Å². The Morgan fingerprint density at radius 1 is 1.39 bits per heavy atom. The second-order valence-corrected chi connectivity index (χ2v) is 5.89. The Morgan fingerprint density at radius 2 is 2.11 bits per heavy atom. The molecule has 2 rings (SSSR count). The minimum Gasteiger partial charge on any atom is -0.351 e. The molecule has 1 N–H and O–H groups in total. The molecule has 0 aliphatic carbocycles. The Morgan fingerprint density at radius 3 is 2.72 bits per heavy atom. The zero-order chi connectivity index (χ0) is 13.2. The predicted molar refractivity (Wildman–Crippen MR) is 65.5 cm³/mol. The molecule has 18 heavy (non-hydrogen) atoms. The lowest BCUT2D eigenvalue weighted by Crippen LogP contribution is -2.30. The van der Waals surface area contributed by atoms with Crippen molar-refractivity contribution in [3.05, 3.63) is 29.8 Å². The molecule has 0 unspecified atom stereocenters. The molecule has 0 saturated carbocycles. The van der Waals surface area contributed by atoms with E-state index in [4.69, 9.17) is 4.18 Å². The number of hydrogen-bond donors (Lipinski definition) is 1. The molecule has 0 spiro atoms. The molecule has 1 aromatic carbocycles. The molecule has 1 saturated heterocycles. The summed E-state index contributed by atoms with van der Waals surface area (Å²) in [6, 6.07) is 6.44. The first-order valence-corrected chi connectivity index (χ1v) is 7.14. The van der Waals surface area contributed by atoms with Crippen molar-refractivity contribution < 1.29 is 17.4 Å². The summed E-state index contributed by atoms with van der Waals surface area (Å²) in [7, 11) is -3.75. The molecule has 98 valence electrons. The molecule has 6 heteroatoms. The number of aryl methyl sites for hydroxylation is 1.